The number of unbranched alkanes of at least 4 members (excludes halogenated alkanes) is 4. The summed E-state index contributed by atoms with van der Waals surface area (Å²) in [4.78, 5) is 0. The fourth-order valence-corrected chi connectivity index (χ4v) is 2.95. The first kappa shape index (κ1) is 14.2. The minimum absolute atomic E-state index is 0.426. The molecule has 0 aromatic carbocycles. The van der Waals surface area contributed by atoms with Crippen molar-refractivity contribution in [1.82, 2.24) is 0 Å². The summed E-state index contributed by atoms with van der Waals surface area (Å²) in [5, 5.41) is -0.508. The summed E-state index contributed by atoms with van der Waals surface area (Å²) in [5.41, 5.74) is 5.50. The Morgan fingerprint density at radius 2 is 1.86 bits per heavy atom. The molecule has 4 nitrogen and oxygen atoms in total. The molecule has 0 aromatic heterocycles. The molecule has 14 heavy (non-hydrogen) atoms. The van der Waals surface area contributed by atoms with Gasteiger partial charge in [0.25, 0.3) is 0 Å². The topological polar surface area (TPSA) is 80.4 Å². The van der Waals surface area contributed by atoms with Gasteiger partial charge < -0.3 is 5.73 Å². The van der Waals surface area contributed by atoms with Crippen LogP contribution in [0, 0.1) is 0 Å². The molecular formula is C8H19NO3S2. The summed E-state index contributed by atoms with van der Waals surface area (Å²) in [7, 11) is -3.55. The number of hydrogen-bond donors (Lipinski definition) is 2. The monoisotopic (exact) mass is 241 g/mol. The van der Waals surface area contributed by atoms with E-state index in [0.29, 0.717) is 17.2 Å². The molecule has 3 N–H and O–H groups in total. The van der Waals surface area contributed by atoms with Gasteiger partial charge in [0, 0.05) is 10.8 Å². The van der Waals surface area contributed by atoms with Crippen LogP contribution in [0.4, 0.5) is 0 Å². The average Bonchev–Trinajstić information content (AvgIpc) is 2.00. The van der Waals surface area contributed by atoms with Crippen LogP contribution in [-0.4, -0.2) is 18.3 Å². The highest BCUT2D eigenvalue weighted by molar-refractivity contribution is 8.70. The van der Waals surface area contributed by atoms with E-state index < -0.39 is 14.5 Å². The van der Waals surface area contributed by atoms with Crippen LogP contribution in [-0.2, 0) is 9.15 Å². The van der Waals surface area contributed by atoms with Crippen molar-refractivity contribution in [3.63, 3.8) is 0 Å². The van der Waals surface area contributed by atoms with E-state index in [-0.39, 0.29) is 0 Å². The highest BCUT2D eigenvalue weighted by Gasteiger charge is 2.12. The number of hydrogen-bond acceptors (Lipinski definition) is 4. The van der Waals surface area contributed by atoms with Gasteiger partial charge in [0.15, 0.2) is 0 Å². The van der Waals surface area contributed by atoms with Gasteiger partial charge in [0.05, 0.1) is 5.37 Å². The van der Waals surface area contributed by atoms with Crippen LogP contribution in [0.15, 0.2) is 0 Å². The molecule has 0 aliphatic rings. The lowest BCUT2D eigenvalue weighted by atomic mass is 10.1. The third-order valence-corrected chi connectivity index (χ3v) is 4.03. The maximum atomic E-state index is 10.4. The largest absolute Gasteiger partial charge is 0.321 e. The standard InChI is InChI=1S/C8H19NO3S2/c1-2-3-4-5-6-7-8(9)13-14(10,11)12/h8H,2-7,9H2,1H3,(H,10,11,12). The molecular weight excluding hydrogens is 222 g/mol. The van der Waals surface area contributed by atoms with Crippen molar-refractivity contribution in [2.75, 3.05) is 0 Å². The Hall–Kier alpha value is 0.220. The van der Waals surface area contributed by atoms with Gasteiger partial charge in [-0.2, -0.15) is 8.42 Å². The summed E-state index contributed by atoms with van der Waals surface area (Å²) in [6.07, 6.45) is 6.19. The Labute approximate surface area is 89.8 Å². The predicted octanol–water partition coefficient (Wildman–Crippen LogP) is 2.17. The number of rotatable bonds is 8. The molecule has 6 heteroatoms. The lowest BCUT2D eigenvalue weighted by Crippen LogP contribution is -2.17. The molecule has 0 aliphatic carbocycles. The minimum atomic E-state index is -3.98. The van der Waals surface area contributed by atoms with Crippen molar-refractivity contribution in [3.8, 4) is 0 Å². The van der Waals surface area contributed by atoms with E-state index in [9.17, 15) is 8.42 Å². The van der Waals surface area contributed by atoms with Gasteiger partial charge in [0.2, 0.25) is 0 Å². The Balaban J connectivity index is 3.41. The van der Waals surface area contributed by atoms with Gasteiger partial charge in [-0.15, -0.1) is 0 Å². The zero-order valence-corrected chi connectivity index (χ0v) is 10.1. The smallest absolute Gasteiger partial charge is 0.318 e. The number of nitrogens with two attached hydrogens (primary N) is 1. The molecule has 0 spiro atoms. The molecule has 0 heterocycles. The molecule has 0 fully saturated rings. The molecule has 86 valence electrons. The van der Waals surface area contributed by atoms with Crippen LogP contribution in [0.25, 0.3) is 0 Å². The second-order valence-electron chi connectivity index (χ2n) is 3.27. The van der Waals surface area contributed by atoms with E-state index in [1.54, 1.807) is 0 Å². The second-order valence-corrected chi connectivity index (χ2v) is 6.76. The molecule has 0 radical (unpaired) electrons. The lowest BCUT2D eigenvalue weighted by molar-refractivity contribution is 0.502. The molecule has 1 unspecified atom stereocenters. The SMILES string of the molecule is CCCCCCCC(N)SS(=O)(=O)O. The average molecular weight is 241 g/mol. The summed E-state index contributed by atoms with van der Waals surface area (Å²) in [6, 6.07) is 0. The summed E-state index contributed by atoms with van der Waals surface area (Å²) >= 11 is 0. The summed E-state index contributed by atoms with van der Waals surface area (Å²) < 4.78 is 29.3. The van der Waals surface area contributed by atoms with Crippen molar-refractivity contribution in [2.24, 2.45) is 5.73 Å². The fourth-order valence-electron chi connectivity index (χ4n) is 1.15. The summed E-state index contributed by atoms with van der Waals surface area (Å²) in [5.74, 6) is 0. The van der Waals surface area contributed by atoms with Crippen molar-refractivity contribution in [3.05, 3.63) is 0 Å². The fraction of sp³-hybridized carbons (Fsp3) is 1.00. The van der Waals surface area contributed by atoms with Crippen molar-refractivity contribution in [1.29, 1.82) is 0 Å². The lowest BCUT2D eigenvalue weighted by Gasteiger charge is -2.07. The molecule has 0 amide bonds. The van der Waals surface area contributed by atoms with Gasteiger partial charge in [-0.3, -0.25) is 4.55 Å². The highest BCUT2D eigenvalue weighted by Crippen LogP contribution is 2.18. The Morgan fingerprint density at radius 3 is 2.36 bits per heavy atom. The maximum Gasteiger partial charge on any atom is 0.321 e. The van der Waals surface area contributed by atoms with Crippen LogP contribution in [0.1, 0.15) is 45.4 Å². The first-order valence-electron chi connectivity index (χ1n) is 4.87. The van der Waals surface area contributed by atoms with Crippen LogP contribution in [0.5, 0.6) is 0 Å². The van der Waals surface area contributed by atoms with E-state index >= 15 is 0 Å². The summed E-state index contributed by atoms with van der Waals surface area (Å²) in [6.45, 7) is 2.14. The highest BCUT2D eigenvalue weighted by atomic mass is 33.1. The zero-order valence-electron chi connectivity index (χ0n) is 8.48. The molecule has 0 bridgehead atoms. The van der Waals surface area contributed by atoms with E-state index in [0.717, 1.165) is 12.8 Å². The van der Waals surface area contributed by atoms with E-state index in [1.165, 1.54) is 19.3 Å². The van der Waals surface area contributed by atoms with Gasteiger partial charge in [0.1, 0.15) is 0 Å². The van der Waals surface area contributed by atoms with E-state index in [1.807, 2.05) is 0 Å². The van der Waals surface area contributed by atoms with Crippen molar-refractivity contribution >= 4 is 19.9 Å². The van der Waals surface area contributed by atoms with Crippen LogP contribution in [0.3, 0.4) is 0 Å². The van der Waals surface area contributed by atoms with Gasteiger partial charge in [-0.05, 0) is 6.42 Å². The molecule has 0 saturated heterocycles. The predicted molar refractivity (Wildman–Crippen MR) is 60.5 cm³/mol. The molecule has 0 rings (SSSR count). The van der Waals surface area contributed by atoms with Crippen LogP contribution in [0.2, 0.25) is 0 Å². The Morgan fingerprint density at radius 1 is 1.29 bits per heavy atom. The van der Waals surface area contributed by atoms with Gasteiger partial charge in [-0.25, -0.2) is 0 Å². The minimum Gasteiger partial charge on any atom is -0.318 e. The first-order valence-corrected chi connectivity index (χ1v) is 7.70. The van der Waals surface area contributed by atoms with Crippen molar-refractivity contribution < 1.29 is 13.0 Å². The third kappa shape index (κ3) is 10.3. The quantitative estimate of drug-likeness (QED) is 0.294. The molecule has 0 aliphatic heterocycles. The first-order chi connectivity index (χ1) is 6.45. The van der Waals surface area contributed by atoms with Gasteiger partial charge >= 0.3 is 9.15 Å². The Bertz CT molecular complexity index is 229. The van der Waals surface area contributed by atoms with Crippen LogP contribution < -0.4 is 5.73 Å². The second kappa shape index (κ2) is 7.50. The maximum absolute atomic E-state index is 10.4. The van der Waals surface area contributed by atoms with Crippen molar-refractivity contribution in [2.45, 2.75) is 50.8 Å². The van der Waals surface area contributed by atoms with E-state index in [4.69, 9.17) is 10.3 Å². The normalized spacial score (nSPS) is 14.2. The Kier molecular flexibility index (Phi) is 7.62. The molecule has 0 aromatic rings. The third-order valence-electron chi connectivity index (χ3n) is 1.84. The zero-order chi connectivity index (χ0) is 11.0. The molecule has 0 saturated carbocycles. The van der Waals surface area contributed by atoms with Crippen LogP contribution >= 0.6 is 10.8 Å². The molecule has 1 atom stereocenters. The van der Waals surface area contributed by atoms with E-state index in [2.05, 4.69) is 6.92 Å². The van der Waals surface area contributed by atoms with Gasteiger partial charge in [-0.1, -0.05) is 39.0 Å².